The van der Waals surface area contributed by atoms with Gasteiger partial charge in [0.15, 0.2) is 0 Å². The lowest BCUT2D eigenvalue weighted by molar-refractivity contribution is -0.127. The third-order valence-corrected chi connectivity index (χ3v) is 6.14. The number of nitrogens with zero attached hydrogens (tertiary/aromatic N) is 2. The first-order valence-electron chi connectivity index (χ1n) is 11.9. The van der Waals surface area contributed by atoms with E-state index in [0.29, 0.717) is 17.8 Å². The Kier molecular flexibility index (Phi) is 6.73. The molecule has 5 rings (SSSR count). The summed E-state index contributed by atoms with van der Waals surface area (Å²) in [5, 5.41) is 6.14. The molecule has 9 heteroatoms. The van der Waals surface area contributed by atoms with E-state index >= 15 is 0 Å². The van der Waals surface area contributed by atoms with Crippen molar-refractivity contribution in [2.45, 2.75) is 6.54 Å². The van der Waals surface area contributed by atoms with Crippen molar-refractivity contribution in [3.05, 3.63) is 107 Å². The first kappa shape index (κ1) is 24.5. The van der Waals surface area contributed by atoms with Gasteiger partial charge in [-0.2, -0.15) is 0 Å². The van der Waals surface area contributed by atoms with Crippen molar-refractivity contribution in [3.8, 4) is 0 Å². The van der Waals surface area contributed by atoms with E-state index in [1.807, 2.05) is 47.2 Å². The van der Waals surface area contributed by atoms with Crippen molar-refractivity contribution in [3.63, 3.8) is 0 Å². The molecule has 0 saturated carbocycles. The lowest BCUT2D eigenvalue weighted by Crippen LogP contribution is -2.38. The van der Waals surface area contributed by atoms with Crippen LogP contribution in [-0.4, -0.2) is 46.9 Å². The van der Waals surface area contributed by atoms with Gasteiger partial charge in [-0.15, -0.1) is 0 Å². The van der Waals surface area contributed by atoms with Crippen LogP contribution in [0, 0.1) is 0 Å². The van der Waals surface area contributed by atoms with E-state index in [2.05, 4.69) is 10.6 Å². The van der Waals surface area contributed by atoms with Crippen LogP contribution in [0.15, 0.2) is 90.8 Å². The second-order valence-corrected chi connectivity index (χ2v) is 8.72. The number of carbonyl (C=O) groups is 4. The lowest BCUT2D eigenvalue weighted by atomic mass is 10.1. The second-order valence-electron chi connectivity index (χ2n) is 8.72. The summed E-state index contributed by atoms with van der Waals surface area (Å²) in [4.78, 5) is 50.8. The van der Waals surface area contributed by atoms with Gasteiger partial charge in [0.25, 0.3) is 5.91 Å². The number of esters is 1. The number of anilines is 1. The van der Waals surface area contributed by atoms with Gasteiger partial charge in [0.05, 0.1) is 12.7 Å². The predicted molar refractivity (Wildman–Crippen MR) is 142 cm³/mol. The summed E-state index contributed by atoms with van der Waals surface area (Å²) in [6, 6.07) is 23.0. The zero-order valence-corrected chi connectivity index (χ0v) is 20.5. The summed E-state index contributed by atoms with van der Waals surface area (Å²) >= 11 is 0. The van der Waals surface area contributed by atoms with Crippen molar-refractivity contribution >= 4 is 46.5 Å². The van der Waals surface area contributed by atoms with Gasteiger partial charge in [0.1, 0.15) is 12.2 Å². The molecule has 38 heavy (non-hydrogen) atoms. The van der Waals surface area contributed by atoms with Gasteiger partial charge in [-0.05, 0) is 42.0 Å². The van der Waals surface area contributed by atoms with E-state index in [0.717, 1.165) is 26.9 Å². The predicted octanol–water partition coefficient (Wildman–Crippen LogP) is 4.01. The highest BCUT2D eigenvalue weighted by Crippen LogP contribution is 2.26. The molecule has 2 N–H and O–H groups in total. The van der Waals surface area contributed by atoms with E-state index in [4.69, 9.17) is 4.74 Å². The summed E-state index contributed by atoms with van der Waals surface area (Å²) < 4.78 is 6.83. The molecule has 0 spiro atoms. The Hall–Kier alpha value is -5.18. The van der Waals surface area contributed by atoms with Crippen molar-refractivity contribution in [1.29, 1.82) is 0 Å². The zero-order valence-electron chi connectivity index (χ0n) is 20.5. The average Bonchev–Trinajstić information content (AvgIpc) is 3.40. The highest BCUT2D eigenvalue weighted by atomic mass is 16.5. The van der Waals surface area contributed by atoms with Crippen LogP contribution in [0.2, 0.25) is 0 Å². The summed E-state index contributed by atoms with van der Waals surface area (Å²) in [6.07, 6.45) is 3.49. The van der Waals surface area contributed by atoms with Gasteiger partial charge in [0, 0.05) is 34.9 Å². The molecule has 190 valence electrons. The molecule has 4 amide bonds. The van der Waals surface area contributed by atoms with Crippen LogP contribution in [0.3, 0.4) is 0 Å². The average molecular weight is 509 g/mol. The van der Waals surface area contributed by atoms with Gasteiger partial charge in [-0.1, -0.05) is 48.5 Å². The first-order chi connectivity index (χ1) is 18.4. The Bertz CT molecular complexity index is 1590. The largest absolute Gasteiger partial charge is 0.465 e. The number of fused-ring (bicyclic) bond motifs is 1. The molecule has 0 radical (unpaired) electrons. The Labute approximate surface area is 218 Å². The molecule has 0 aliphatic carbocycles. The fourth-order valence-electron chi connectivity index (χ4n) is 4.37. The molecule has 1 aliphatic heterocycles. The number of amides is 4. The highest BCUT2D eigenvalue weighted by Gasteiger charge is 2.35. The van der Waals surface area contributed by atoms with Crippen LogP contribution in [-0.2, 0) is 20.9 Å². The minimum atomic E-state index is -0.659. The topological polar surface area (TPSA) is 110 Å². The van der Waals surface area contributed by atoms with Gasteiger partial charge < -0.3 is 19.9 Å². The molecule has 1 saturated heterocycles. The summed E-state index contributed by atoms with van der Waals surface area (Å²) in [6.45, 7) is 0.0653. The minimum absolute atomic E-state index is 0.0816. The molecule has 1 aromatic heterocycles. The molecule has 0 unspecified atom stereocenters. The van der Waals surface area contributed by atoms with Gasteiger partial charge >= 0.3 is 12.0 Å². The minimum Gasteiger partial charge on any atom is -0.465 e. The zero-order chi connectivity index (χ0) is 26.6. The third-order valence-electron chi connectivity index (χ3n) is 6.14. The molecule has 9 nitrogen and oxygen atoms in total. The number of rotatable bonds is 7. The summed E-state index contributed by atoms with van der Waals surface area (Å²) in [5.41, 5.74) is 3.65. The molecule has 1 aliphatic rings. The number of aromatic nitrogens is 1. The number of methoxy groups -OCH3 is 1. The molecule has 0 bridgehead atoms. The van der Waals surface area contributed by atoms with Gasteiger partial charge in [-0.3, -0.25) is 9.59 Å². The molecular weight excluding hydrogens is 484 g/mol. The first-order valence-corrected chi connectivity index (χ1v) is 11.9. The number of carbonyl (C=O) groups excluding carboxylic acids is 4. The molecular formula is C29H24N4O5. The van der Waals surface area contributed by atoms with E-state index in [1.54, 1.807) is 48.5 Å². The Morgan fingerprint density at radius 1 is 0.974 bits per heavy atom. The second kappa shape index (κ2) is 10.4. The molecule has 4 aromatic rings. The number of nitrogens with one attached hydrogen (secondary N) is 2. The van der Waals surface area contributed by atoms with Crippen LogP contribution in [0.1, 0.15) is 21.5 Å². The Morgan fingerprint density at radius 2 is 1.74 bits per heavy atom. The smallest absolute Gasteiger partial charge is 0.337 e. The van der Waals surface area contributed by atoms with E-state index in [1.165, 1.54) is 7.11 Å². The van der Waals surface area contributed by atoms with E-state index in [-0.39, 0.29) is 5.70 Å². The number of para-hydroxylation sites is 2. The quantitative estimate of drug-likeness (QED) is 0.223. The highest BCUT2D eigenvalue weighted by molar-refractivity contribution is 6.16. The summed E-state index contributed by atoms with van der Waals surface area (Å²) in [5.74, 6) is -1.47. The van der Waals surface area contributed by atoms with Gasteiger partial charge in [-0.25, -0.2) is 14.5 Å². The van der Waals surface area contributed by atoms with Crippen LogP contribution in [0.4, 0.5) is 10.5 Å². The maximum absolute atomic E-state index is 13.0. The standard InChI is InChI=1S/C29H24N4O5/c1-38-28(36)20-9-7-8-19(14-20)16-32-17-21(23-12-5-6-13-25(23)32)15-24-27(35)33(29(37)31-24)18-26(34)30-22-10-3-2-4-11-22/h2-15,17H,16,18H2,1H3,(H,30,34)(H,31,37)/b24-15-. The fraction of sp³-hybridized carbons (Fsp3) is 0.103. The van der Waals surface area contributed by atoms with Crippen LogP contribution in [0.25, 0.3) is 17.0 Å². The van der Waals surface area contributed by atoms with Crippen LogP contribution in [0.5, 0.6) is 0 Å². The number of imide groups is 1. The number of hydrogen-bond acceptors (Lipinski definition) is 5. The summed E-state index contributed by atoms with van der Waals surface area (Å²) in [7, 11) is 1.34. The fourth-order valence-corrected chi connectivity index (χ4v) is 4.37. The SMILES string of the molecule is COC(=O)c1cccc(Cn2cc(/C=C3\NC(=O)N(CC(=O)Nc4ccccc4)C3=O)c3ccccc32)c1. The van der Waals surface area contributed by atoms with Crippen molar-refractivity contribution in [2.75, 3.05) is 19.0 Å². The molecule has 3 aromatic carbocycles. The normalized spacial score (nSPS) is 14.1. The number of urea groups is 1. The van der Waals surface area contributed by atoms with E-state index in [9.17, 15) is 19.2 Å². The molecule has 1 fully saturated rings. The monoisotopic (exact) mass is 508 g/mol. The van der Waals surface area contributed by atoms with Crippen molar-refractivity contribution < 1.29 is 23.9 Å². The van der Waals surface area contributed by atoms with E-state index < -0.39 is 30.4 Å². The Morgan fingerprint density at radius 3 is 2.53 bits per heavy atom. The van der Waals surface area contributed by atoms with Crippen molar-refractivity contribution in [2.24, 2.45) is 0 Å². The third kappa shape index (κ3) is 5.03. The number of benzene rings is 3. The maximum Gasteiger partial charge on any atom is 0.337 e. The molecule has 0 atom stereocenters. The Balaban J connectivity index is 1.38. The van der Waals surface area contributed by atoms with Crippen molar-refractivity contribution in [1.82, 2.24) is 14.8 Å². The van der Waals surface area contributed by atoms with Gasteiger partial charge in [0.2, 0.25) is 5.91 Å². The lowest BCUT2D eigenvalue weighted by Gasteiger charge is -2.11. The number of hydrogen-bond donors (Lipinski definition) is 2. The van der Waals surface area contributed by atoms with Crippen LogP contribution < -0.4 is 10.6 Å². The number of ether oxygens (including phenoxy) is 1. The molecule has 2 heterocycles. The van der Waals surface area contributed by atoms with Crippen LogP contribution >= 0.6 is 0 Å². The maximum atomic E-state index is 13.0.